The highest BCUT2D eigenvalue weighted by atomic mass is 16.5. The SMILES string of the molecule is C=Cc1ccc(N=C2CC(c3ccccc3)N2c2ccc(OC)cc2)cc1. The van der Waals surface area contributed by atoms with E-state index >= 15 is 0 Å². The van der Waals surface area contributed by atoms with E-state index in [1.165, 1.54) is 5.56 Å². The molecule has 0 N–H and O–H groups in total. The van der Waals surface area contributed by atoms with E-state index in [1.54, 1.807) is 7.11 Å². The zero-order valence-electron chi connectivity index (χ0n) is 15.4. The maximum atomic E-state index is 5.30. The number of anilines is 1. The second-order valence-electron chi connectivity index (χ2n) is 6.52. The fourth-order valence-electron chi connectivity index (χ4n) is 3.38. The van der Waals surface area contributed by atoms with Gasteiger partial charge in [0, 0.05) is 12.1 Å². The number of ether oxygens (including phenoxy) is 1. The first-order valence-electron chi connectivity index (χ1n) is 9.07. The molecule has 0 aliphatic carbocycles. The molecule has 134 valence electrons. The summed E-state index contributed by atoms with van der Waals surface area (Å²) < 4.78 is 5.30. The van der Waals surface area contributed by atoms with Gasteiger partial charge in [-0.2, -0.15) is 0 Å². The second-order valence-corrected chi connectivity index (χ2v) is 6.52. The van der Waals surface area contributed by atoms with Crippen molar-refractivity contribution in [3.05, 3.63) is 96.6 Å². The van der Waals surface area contributed by atoms with Gasteiger partial charge in [0.25, 0.3) is 0 Å². The molecular formula is C24H22N2O. The molecule has 1 aliphatic rings. The van der Waals surface area contributed by atoms with Gasteiger partial charge in [0.2, 0.25) is 0 Å². The van der Waals surface area contributed by atoms with Crippen molar-refractivity contribution in [2.45, 2.75) is 12.5 Å². The molecule has 0 radical (unpaired) electrons. The van der Waals surface area contributed by atoms with Gasteiger partial charge in [0.05, 0.1) is 18.8 Å². The van der Waals surface area contributed by atoms with Crippen LogP contribution in [0.1, 0.15) is 23.6 Å². The summed E-state index contributed by atoms with van der Waals surface area (Å²) in [5.74, 6) is 1.93. The van der Waals surface area contributed by atoms with Crippen LogP contribution in [-0.2, 0) is 0 Å². The van der Waals surface area contributed by atoms with Crippen molar-refractivity contribution in [2.75, 3.05) is 12.0 Å². The van der Waals surface area contributed by atoms with Crippen molar-refractivity contribution in [1.82, 2.24) is 0 Å². The van der Waals surface area contributed by atoms with E-state index in [0.717, 1.165) is 34.9 Å². The number of rotatable bonds is 5. The van der Waals surface area contributed by atoms with Crippen LogP contribution in [0.2, 0.25) is 0 Å². The molecule has 0 bridgehead atoms. The lowest BCUT2D eigenvalue weighted by atomic mass is 9.92. The lowest BCUT2D eigenvalue weighted by Crippen LogP contribution is -2.46. The third kappa shape index (κ3) is 3.49. The van der Waals surface area contributed by atoms with Crippen LogP contribution in [0.25, 0.3) is 6.08 Å². The molecule has 0 saturated carbocycles. The smallest absolute Gasteiger partial charge is 0.119 e. The maximum Gasteiger partial charge on any atom is 0.119 e. The van der Waals surface area contributed by atoms with Crippen molar-refractivity contribution in [3.8, 4) is 5.75 Å². The van der Waals surface area contributed by atoms with Crippen molar-refractivity contribution in [3.63, 3.8) is 0 Å². The Morgan fingerprint density at radius 3 is 2.30 bits per heavy atom. The molecule has 1 fully saturated rings. The van der Waals surface area contributed by atoms with Gasteiger partial charge in [-0.15, -0.1) is 0 Å². The zero-order chi connectivity index (χ0) is 18.6. The Hall–Kier alpha value is -3.33. The van der Waals surface area contributed by atoms with Crippen LogP contribution < -0.4 is 9.64 Å². The molecule has 1 aliphatic heterocycles. The van der Waals surface area contributed by atoms with Gasteiger partial charge in [-0.25, -0.2) is 4.99 Å². The molecule has 1 saturated heterocycles. The average Bonchev–Trinajstić information content (AvgIpc) is 2.72. The van der Waals surface area contributed by atoms with Gasteiger partial charge in [0.1, 0.15) is 11.6 Å². The van der Waals surface area contributed by atoms with Gasteiger partial charge < -0.3 is 9.64 Å². The number of hydrogen-bond donors (Lipinski definition) is 0. The molecule has 3 aromatic carbocycles. The Bertz CT molecular complexity index is 944. The minimum Gasteiger partial charge on any atom is -0.497 e. The van der Waals surface area contributed by atoms with Gasteiger partial charge in [0.15, 0.2) is 0 Å². The van der Waals surface area contributed by atoms with E-state index in [0.29, 0.717) is 6.04 Å². The Morgan fingerprint density at radius 1 is 0.963 bits per heavy atom. The highest BCUT2D eigenvalue weighted by Gasteiger charge is 2.36. The highest BCUT2D eigenvalue weighted by molar-refractivity contribution is 6.06. The molecule has 3 nitrogen and oxygen atoms in total. The fourth-order valence-corrected chi connectivity index (χ4v) is 3.38. The summed E-state index contributed by atoms with van der Waals surface area (Å²) in [6.45, 7) is 3.80. The van der Waals surface area contributed by atoms with Crippen LogP contribution in [0.15, 0.2) is 90.4 Å². The number of methoxy groups -OCH3 is 1. The number of amidine groups is 1. The Balaban J connectivity index is 1.67. The zero-order valence-corrected chi connectivity index (χ0v) is 15.4. The van der Waals surface area contributed by atoms with Gasteiger partial charge in [-0.3, -0.25) is 0 Å². The van der Waals surface area contributed by atoms with Crippen molar-refractivity contribution < 1.29 is 4.74 Å². The molecular weight excluding hydrogens is 332 g/mol. The van der Waals surface area contributed by atoms with Gasteiger partial charge >= 0.3 is 0 Å². The Morgan fingerprint density at radius 2 is 1.67 bits per heavy atom. The van der Waals surface area contributed by atoms with Crippen LogP contribution in [0.5, 0.6) is 5.75 Å². The summed E-state index contributed by atoms with van der Waals surface area (Å²) in [4.78, 5) is 7.19. The van der Waals surface area contributed by atoms with Crippen LogP contribution in [-0.4, -0.2) is 12.9 Å². The highest BCUT2D eigenvalue weighted by Crippen LogP contribution is 2.41. The lowest BCUT2D eigenvalue weighted by molar-refractivity contribution is 0.415. The quantitative estimate of drug-likeness (QED) is 0.560. The predicted molar refractivity (Wildman–Crippen MR) is 113 cm³/mol. The van der Waals surface area contributed by atoms with Crippen molar-refractivity contribution in [1.29, 1.82) is 0 Å². The minimum atomic E-state index is 0.297. The summed E-state index contributed by atoms with van der Waals surface area (Å²) in [6.07, 6.45) is 2.76. The molecule has 0 spiro atoms. The van der Waals surface area contributed by atoms with E-state index in [9.17, 15) is 0 Å². The largest absolute Gasteiger partial charge is 0.497 e. The predicted octanol–water partition coefficient (Wildman–Crippen LogP) is 6.02. The number of hydrogen-bond acceptors (Lipinski definition) is 2. The molecule has 0 aromatic heterocycles. The molecule has 27 heavy (non-hydrogen) atoms. The fraction of sp³-hybridized carbons (Fsp3) is 0.125. The van der Waals surface area contributed by atoms with Gasteiger partial charge in [-0.05, 0) is 47.5 Å². The molecule has 4 rings (SSSR count). The van der Waals surface area contributed by atoms with E-state index in [1.807, 2.05) is 42.5 Å². The first-order valence-corrected chi connectivity index (χ1v) is 9.07. The average molecular weight is 354 g/mol. The minimum absolute atomic E-state index is 0.297. The number of aliphatic imine (C=N–C) groups is 1. The van der Waals surface area contributed by atoms with Crippen LogP contribution in [0.3, 0.4) is 0 Å². The van der Waals surface area contributed by atoms with Crippen LogP contribution in [0.4, 0.5) is 11.4 Å². The first-order chi connectivity index (χ1) is 13.3. The number of nitrogens with zero attached hydrogens (tertiary/aromatic N) is 2. The van der Waals surface area contributed by atoms with E-state index in [-0.39, 0.29) is 0 Å². The molecule has 3 aromatic rings. The van der Waals surface area contributed by atoms with Gasteiger partial charge in [-0.1, -0.05) is 55.1 Å². The molecule has 0 amide bonds. The summed E-state index contributed by atoms with van der Waals surface area (Å²) in [5, 5.41) is 0. The maximum absolute atomic E-state index is 5.30. The third-order valence-electron chi connectivity index (χ3n) is 4.89. The first kappa shape index (κ1) is 17.1. The van der Waals surface area contributed by atoms with E-state index in [2.05, 4.69) is 53.9 Å². The summed E-state index contributed by atoms with van der Waals surface area (Å²) in [6, 6.07) is 27.2. The Labute approximate surface area is 160 Å². The summed E-state index contributed by atoms with van der Waals surface area (Å²) in [5.41, 5.74) is 4.48. The summed E-state index contributed by atoms with van der Waals surface area (Å²) in [7, 11) is 1.69. The van der Waals surface area contributed by atoms with Crippen LogP contribution in [0, 0.1) is 0 Å². The molecule has 1 atom stereocenters. The topological polar surface area (TPSA) is 24.8 Å². The normalized spacial score (nSPS) is 17.4. The molecule has 1 heterocycles. The lowest BCUT2D eigenvalue weighted by Gasteiger charge is -2.44. The van der Waals surface area contributed by atoms with Crippen molar-refractivity contribution in [2.24, 2.45) is 4.99 Å². The molecule has 1 unspecified atom stereocenters. The van der Waals surface area contributed by atoms with Crippen LogP contribution >= 0.6 is 0 Å². The third-order valence-corrected chi connectivity index (χ3v) is 4.89. The summed E-state index contributed by atoms with van der Waals surface area (Å²) >= 11 is 0. The molecule has 3 heteroatoms. The monoisotopic (exact) mass is 354 g/mol. The van der Waals surface area contributed by atoms with E-state index < -0.39 is 0 Å². The second kappa shape index (κ2) is 7.50. The standard InChI is InChI=1S/C24H22N2O/c1-3-18-9-11-20(12-10-18)25-24-17-23(19-7-5-4-6-8-19)26(24)21-13-15-22(27-2)16-14-21/h3-16,23H,1,17H2,2H3. The van der Waals surface area contributed by atoms with E-state index in [4.69, 9.17) is 9.73 Å². The number of benzene rings is 3. The van der Waals surface area contributed by atoms with Crippen molar-refractivity contribution >= 4 is 23.3 Å². The Kier molecular flexibility index (Phi) is 4.75.